The van der Waals surface area contributed by atoms with Crippen LogP contribution in [0.1, 0.15) is 11.1 Å². The van der Waals surface area contributed by atoms with Gasteiger partial charge < -0.3 is 5.32 Å². The predicted octanol–water partition coefficient (Wildman–Crippen LogP) is 4.12. The van der Waals surface area contributed by atoms with Crippen molar-refractivity contribution in [3.05, 3.63) is 71.8 Å². The van der Waals surface area contributed by atoms with E-state index < -0.39 is 0 Å². The minimum atomic E-state index is 0.847. The van der Waals surface area contributed by atoms with Gasteiger partial charge in [0.05, 0.1) is 0 Å². The third-order valence-electron chi connectivity index (χ3n) is 2.67. The summed E-state index contributed by atoms with van der Waals surface area (Å²) in [6.07, 6.45) is 4.27. The molecule has 0 bridgehead atoms. The van der Waals surface area contributed by atoms with Gasteiger partial charge >= 0.3 is 0 Å². The zero-order valence-corrected chi connectivity index (χ0v) is 10.1. The third-order valence-corrected chi connectivity index (χ3v) is 2.67. The van der Waals surface area contributed by atoms with E-state index in [1.165, 1.54) is 16.8 Å². The first kappa shape index (κ1) is 11.5. The first-order valence-corrected chi connectivity index (χ1v) is 5.87. The van der Waals surface area contributed by atoms with E-state index >= 15 is 0 Å². The quantitative estimate of drug-likeness (QED) is 0.822. The van der Waals surface area contributed by atoms with E-state index in [4.69, 9.17) is 0 Å². The maximum absolute atomic E-state index is 3.40. The van der Waals surface area contributed by atoms with Gasteiger partial charge in [-0.3, -0.25) is 0 Å². The zero-order valence-electron chi connectivity index (χ0n) is 10.1. The lowest BCUT2D eigenvalue weighted by atomic mass is 10.2. The molecule has 0 atom stereocenters. The molecule has 0 radical (unpaired) electrons. The van der Waals surface area contributed by atoms with Crippen LogP contribution in [0, 0.1) is 6.92 Å². The van der Waals surface area contributed by atoms with E-state index in [0.29, 0.717) is 0 Å². The molecule has 1 nitrogen and oxygen atoms in total. The number of aryl methyl sites for hydroxylation is 1. The molecule has 0 spiro atoms. The lowest BCUT2D eigenvalue weighted by Gasteiger charge is -2.06. The number of nitrogens with one attached hydrogen (secondary N) is 1. The van der Waals surface area contributed by atoms with E-state index in [0.717, 1.165) is 6.54 Å². The highest BCUT2D eigenvalue weighted by Crippen LogP contribution is 2.12. The maximum atomic E-state index is 3.40. The largest absolute Gasteiger partial charge is 0.381 e. The Labute approximate surface area is 103 Å². The van der Waals surface area contributed by atoms with Crippen molar-refractivity contribution in [2.75, 3.05) is 11.9 Å². The number of hydrogen-bond donors (Lipinski definition) is 1. The van der Waals surface area contributed by atoms with Gasteiger partial charge in [0.25, 0.3) is 0 Å². The fraction of sp³-hybridized carbons (Fsp3) is 0.125. The Hall–Kier alpha value is -2.02. The Bertz CT molecular complexity index is 486. The Morgan fingerprint density at radius 3 is 2.41 bits per heavy atom. The molecule has 0 amide bonds. The summed E-state index contributed by atoms with van der Waals surface area (Å²) in [6, 6.07) is 18.7. The fourth-order valence-corrected chi connectivity index (χ4v) is 1.70. The summed E-state index contributed by atoms with van der Waals surface area (Å²) in [5, 5.41) is 3.40. The summed E-state index contributed by atoms with van der Waals surface area (Å²) in [7, 11) is 0. The summed E-state index contributed by atoms with van der Waals surface area (Å²) >= 11 is 0. The van der Waals surface area contributed by atoms with Crippen LogP contribution in [-0.2, 0) is 0 Å². The number of hydrogen-bond acceptors (Lipinski definition) is 1. The highest BCUT2D eigenvalue weighted by molar-refractivity contribution is 5.53. The molecule has 2 rings (SSSR count). The minimum Gasteiger partial charge on any atom is -0.381 e. The van der Waals surface area contributed by atoms with E-state index in [1.54, 1.807) is 0 Å². The first-order chi connectivity index (χ1) is 8.36. The van der Waals surface area contributed by atoms with Gasteiger partial charge in [0.1, 0.15) is 0 Å². The van der Waals surface area contributed by atoms with E-state index in [2.05, 4.69) is 72.9 Å². The molecule has 0 aromatic heterocycles. The fourth-order valence-electron chi connectivity index (χ4n) is 1.70. The lowest BCUT2D eigenvalue weighted by molar-refractivity contribution is 1.31. The van der Waals surface area contributed by atoms with Crippen LogP contribution in [0.15, 0.2) is 60.7 Å². The average Bonchev–Trinajstić information content (AvgIpc) is 2.38. The molecule has 0 unspecified atom stereocenters. The van der Waals surface area contributed by atoms with Crippen molar-refractivity contribution in [3.8, 4) is 0 Å². The summed E-state index contributed by atoms with van der Waals surface area (Å²) in [5.74, 6) is 0. The van der Waals surface area contributed by atoms with Gasteiger partial charge in [-0.2, -0.15) is 0 Å². The van der Waals surface area contributed by atoms with Gasteiger partial charge in [-0.1, -0.05) is 60.7 Å². The standard InChI is InChI=1S/C16H17N/c1-14-8-5-6-12-16(14)17-13-7-11-15-9-3-2-4-10-15/h2-12,17H,13H2,1H3/b11-7+. The third kappa shape index (κ3) is 3.49. The number of para-hydroxylation sites is 1. The van der Waals surface area contributed by atoms with Gasteiger partial charge in [0, 0.05) is 12.2 Å². The van der Waals surface area contributed by atoms with E-state index in [1.807, 2.05) is 6.07 Å². The summed E-state index contributed by atoms with van der Waals surface area (Å²) < 4.78 is 0. The van der Waals surface area contributed by atoms with E-state index in [9.17, 15) is 0 Å². The summed E-state index contributed by atoms with van der Waals surface area (Å²) in [4.78, 5) is 0. The summed E-state index contributed by atoms with van der Waals surface area (Å²) in [5.41, 5.74) is 3.71. The molecule has 0 aliphatic rings. The highest BCUT2D eigenvalue weighted by Gasteiger charge is 1.92. The Kier molecular flexibility index (Phi) is 3.98. The average molecular weight is 223 g/mol. The van der Waals surface area contributed by atoms with E-state index in [-0.39, 0.29) is 0 Å². The summed E-state index contributed by atoms with van der Waals surface area (Å²) in [6.45, 7) is 2.96. The zero-order chi connectivity index (χ0) is 11.9. The van der Waals surface area contributed by atoms with Gasteiger partial charge in [0.2, 0.25) is 0 Å². The molecule has 0 aliphatic carbocycles. The van der Waals surface area contributed by atoms with Crippen LogP contribution in [-0.4, -0.2) is 6.54 Å². The normalized spacial score (nSPS) is 10.6. The smallest absolute Gasteiger partial charge is 0.0372 e. The van der Waals surface area contributed by atoms with Crippen molar-refractivity contribution < 1.29 is 0 Å². The van der Waals surface area contributed by atoms with Crippen LogP contribution in [0.3, 0.4) is 0 Å². The Morgan fingerprint density at radius 1 is 0.941 bits per heavy atom. The molecule has 86 valence electrons. The van der Waals surface area contributed by atoms with Crippen LogP contribution >= 0.6 is 0 Å². The molecule has 0 fully saturated rings. The SMILES string of the molecule is Cc1ccccc1NC/C=C/c1ccccc1. The molecule has 0 aliphatic heterocycles. The molecule has 0 saturated heterocycles. The molecular formula is C16H17N. The molecular weight excluding hydrogens is 206 g/mol. The van der Waals surface area contributed by atoms with Crippen molar-refractivity contribution in [2.24, 2.45) is 0 Å². The van der Waals surface area contributed by atoms with Crippen molar-refractivity contribution in [1.29, 1.82) is 0 Å². The van der Waals surface area contributed by atoms with Crippen LogP contribution in [0.4, 0.5) is 5.69 Å². The van der Waals surface area contributed by atoms with Crippen LogP contribution in [0.5, 0.6) is 0 Å². The molecule has 1 heteroatoms. The van der Waals surface area contributed by atoms with Crippen molar-refractivity contribution in [2.45, 2.75) is 6.92 Å². The van der Waals surface area contributed by atoms with Crippen LogP contribution in [0.2, 0.25) is 0 Å². The minimum absolute atomic E-state index is 0.847. The molecule has 0 saturated carbocycles. The van der Waals surface area contributed by atoms with Crippen molar-refractivity contribution >= 4 is 11.8 Å². The van der Waals surface area contributed by atoms with Crippen molar-refractivity contribution in [1.82, 2.24) is 0 Å². The van der Waals surface area contributed by atoms with Gasteiger partial charge in [-0.15, -0.1) is 0 Å². The second-order valence-corrected chi connectivity index (χ2v) is 4.01. The van der Waals surface area contributed by atoms with Crippen LogP contribution < -0.4 is 5.32 Å². The van der Waals surface area contributed by atoms with Crippen molar-refractivity contribution in [3.63, 3.8) is 0 Å². The molecule has 17 heavy (non-hydrogen) atoms. The highest BCUT2D eigenvalue weighted by atomic mass is 14.9. The molecule has 2 aromatic rings. The number of anilines is 1. The first-order valence-electron chi connectivity index (χ1n) is 5.87. The molecule has 1 N–H and O–H groups in total. The molecule has 0 heterocycles. The van der Waals surface area contributed by atoms with Gasteiger partial charge in [-0.05, 0) is 24.1 Å². The lowest BCUT2D eigenvalue weighted by Crippen LogP contribution is -1.99. The number of benzene rings is 2. The van der Waals surface area contributed by atoms with Gasteiger partial charge in [0.15, 0.2) is 0 Å². The maximum Gasteiger partial charge on any atom is 0.0372 e. The Morgan fingerprint density at radius 2 is 1.65 bits per heavy atom. The second kappa shape index (κ2) is 5.90. The second-order valence-electron chi connectivity index (χ2n) is 4.01. The van der Waals surface area contributed by atoms with Crippen LogP contribution in [0.25, 0.3) is 6.08 Å². The number of rotatable bonds is 4. The van der Waals surface area contributed by atoms with Gasteiger partial charge in [-0.25, -0.2) is 0 Å². The topological polar surface area (TPSA) is 12.0 Å². The predicted molar refractivity (Wildman–Crippen MR) is 75.1 cm³/mol. The Balaban J connectivity index is 1.88. The monoisotopic (exact) mass is 223 g/mol. The molecule has 2 aromatic carbocycles.